The topological polar surface area (TPSA) is 93.2 Å². The van der Waals surface area contributed by atoms with Gasteiger partial charge in [-0.25, -0.2) is 4.99 Å². The van der Waals surface area contributed by atoms with Gasteiger partial charge in [0.25, 0.3) is 0 Å². The molecule has 0 saturated heterocycles. The molecule has 0 fully saturated rings. The highest BCUT2D eigenvalue weighted by Gasteiger charge is 2.16. The van der Waals surface area contributed by atoms with Crippen LogP contribution >= 0.6 is 0 Å². The van der Waals surface area contributed by atoms with Crippen LogP contribution < -0.4 is 10.6 Å². The normalized spacial score (nSPS) is 14.4. The van der Waals surface area contributed by atoms with Crippen molar-refractivity contribution in [2.24, 2.45) is 4.99 Å². The fourth-order valence-electron chi connectivity index (χ4n) is 3.46. The molecule has 1 aliphatic heterocycles. The van der Waals surface area contributed by atoms with Gasteiger partial charge in [-0.15, -0.1) is 10.2 Å². The minimum absolute atomic E-state index is 0.462. The van der Waals surface area contributed by atoms with Crippen molar-refractivity contribution in [3.63, 3.8) is 0 Å². The van der Waals surface area contributed by atoms with E-state index in [1.54, 1.807) is 0 Å². The molecule has 1 aliphatic rings. The van der Waals surface area contributed by atoms with Crippen LogP contribution in [0, 0.1) is 0 Å². The van der Waals surface area contributed by atoms with E-state index in [1.807, 2.05) is 6.07 Å². The number of fused-ring (bicyclic) bond motifs is 1. The number of rotatable bonds is 8. The molecule has 27 heavy (non-hydrogen) atoms. The number of hydrogen-bond donors (Lipinski definition) is 2. The van der Waals surface area contributed by atoms with E-state index in [-0.39, 0.29) is 0 Å². The Morgan fingerprint density at radius 2 is 2.07 bits per heavy atom. The Balaban J connectivity index is 1.60. The number of guanidine groups is 1. The minimum Gasteiger partial charge on any atom is -0.359 e. The maximum absolute atomic E-state index is 5.48. The zero-order chi connectivity index (χ0) is 19.1. The molecule has 0 bridgehead atoms. The van der Waals surface area contributed by atoms with Gasteiger partial charge < -0.3 is 19.7 Å². The van der Waals surface area contributed by atoms with Gasteiger partial charge in [0.1, 0.15) is 12.4 Å². The standard InChI is InChI=1S/C19H31N7O/c1-4-14(5-2)16-11-15(27-25-16)12-21-19(20-6-3)22-13-18-24-23-17-9-7-8-10-26(17)18/h11,14H,4-10,12-13H2,1-3H3,(H2,20,21,22). The molecule has 0 atom stereocenters. The average molecular weight is 374 g/mol. The lowest BCUT2D eigenvalue weighted by Crippen LogP contribution is -2.36. The fraction of sp³-hybridized carbons (Fsp3) is 0.684. The zero-order valence-corrected chi connectivity index (χ0v) is 16.7. The van der Waals surface area contributed by atoms with Crippen LogP contribution in [0.15, 0.2) is 15.6 Å². The van der Waals surface area contributed by atoms with E-state index in [0.717, 1.165) is 61.4 Å². The summed E-state index contributed by atoms with van der Waals surface area (Å²) in [5.74, 6) is 4.04. The third-order valence-electron chi connectivity index (χ3n) is 5.07. The average Bonchev–Trinajstić information content (AvgIpc) is 3.32. The summed E-state index contributed by atoms with van der Waals surface area (Å²) < 4.78 is 7.68. The zero-order valence-electron chi connectivity index (χ0n) is 16.7. The fourth-order valence-corrected chi connectivity index (χ4v) is 3.46. The first kappa shape index (κ1) is 19.4. The predicted molar refractivity (Wildman–Crippen MR) is 104 cm³/mol. The van der Waals surface area contributed by atoms with Crippen LogP contribution in [0.25, 0.3) is 0 Å². The molecule has 0 saturated carbocycles. The van der Waals surface area contributed by atoms with Gasteiger partial charge in [-0.05, 0) is 32.6 Å². The van der Waals surface area contributed by atoms with Crippen LogP contribution in [0.1, 0.15) is 75.5 Å². The predicted octanol–water partition coefficient (Wildman–Crippen LogP) is 2.76. The molecule has 8 nitrogen and oxygen atoms in total. The molecule has 0 amide bonds. The Labute approximate surface area is 160 Å². The Bertz CT molecular complexity index is 745. The van der Waals surface area contributed by atoms with Gasteiger partial charge in [-0.3, -0.25) is 0 Å². The van der Waals surface area contributed by atoms with E-state index in [1.165, 1.54) is 12.8 Å². The second-order valence-electron chi connectivity index (χ2n) is 6.92. The summed E-state index contributed by atoms with van der Waals surface area (Å²) in [7, 11) is 0. The van der Waals surface area contributed by atoms with E-state index in [2.05, 4.69) is 56.3 Å². The van der Waals surface area contributed by atoms with Crippen LogP contribution in [0.3, 0.4) is 0 Å². The second-order valence-corrected chi connectivity index (χ2v) is 6.92. The van der Waals surface area contributed by atoms with Crippen LogP contribution in [0.5, 0.6) is 0 Å². The molecule has 2 aromatic rings. The maximum atomic E-state index is 5.48. The third-order valence-corrected chi connectivity index (χ3v) is 5.07. The van der Waals surface area contributed by atoms with Crippen LogP contribution in [0.2, 0.25) is 0 Å². The molecule has 0 spiro atoms. The second kappa shape index (κ2) is 9.53. The lowest BCUT2D eigenvalue weighted by Gasteiger charge is -2.14. The minimum atomic E-state index is 0.462. The molecule has 3 rings (SSSR count). The van der Waals surface area contributed by atoms with Gasteiger partial charge in [0, 0.05) is 31.5 Å². The van der Waals surface area contributed by atoms with Gasteiger partial charge in [0.05, 0.1) is 12.2 Å². The molecule has 0 aromatic carbocycles. The van der Waals surface area contributed by atoms with E-state index >= 15 is 0 Å². The molecule has 8 heteroatoms. The van der Waals surface area contributed by atoms with Gasteiger partial charge in [-0.2, -0.15) is 0 Å². The van der Waals surface area contributed by atoms with E-state index in [4.69, 9.17) is 4.52 Å². The Morgan fingerprint density at radius 3 is 2.85 bits per heavy atom. The van der Waals surface area contributed by atoms with Crippen molar-refractivity contribution in [2.75, 3.05) is 6.54 Å². The first-order valence-corrected chi connectivity index (χ1v) is 10.1. The Kier molecular flexibility index (Phi) is 6.84. The van der Waals surface area contributed by atoms with Gasteiger partial charge >= 0.3 is 0 Å². The third kappa shape index (κ3) is 4.87. The number of nitrogens with zero attached hydrogens (tertiary/aromatic N) is 5. The van der Waals surface area contributed by atoms with Crippen molar-refractivity contribution in [3.05, 3.63) is 29.2 Å². The van der Waals surface area contributed by atoms with Gasteiger partial charge in [-0.1, -0.05) is 19.0 Å². The smallest absolute Gasteiger partial charge is 0.192 e. The summed E-state index contributed by atoms with van der Waals surface area (Å²) in [4.78, 5) is 4.66. The summed E-state index contributed by atoms with van der Waals surface area (Å²) in [6, 6.07) is 2.04. The molecule has 0 radical (unpaired) electrons. The molecular weight excluding hydrogens is 342 g/mol. The Morgan fingerprint density at radius 1 is 1.22 bits per heavy atom. The largest absolute Gasteiger partial charge is 0.359 e. The van der Waals surface area contributed by atoms with Crippen molar-refractivity contribution >= 4 is 5.96 Å². The summed E-state index contributed by atoms with van der Waals surface area (Å²) in [5.41, 5.74) is 1.04. The molecule has 0 aliphatic carbocycles. The number of aryl methyl sites for hydroxylation is 1. The SMILES string of the molecule is CCNC(=NCc1nnc2n1CCCC2)NCc1cc(C(CC)CC)no1. The summed E-state index contributed by atoms with van der Waals surface area (Å²) in [6.45, 7) is 9.26. The highest BCUT2D eigenvalue weighted by Crippen LogP contribution is 2.22. The van der Waals surface area contributed by atoms with Gasteiger partial charge in [0.15, 0.2) is 17.5 Å². The van der Waals surface area contributed by atoms with E-state index < -0.39 is 0 Å². The van der Waals surface area contributed by atoms with Crippen molar-refractivity contribution in [1.29, 1.82) is 0 Å². The molecule has 2 N–H and O–H groups in total. The van der Waals surface area contributed by atoms with Crippen molar-refractivity contribution in [1.82, 2.24) is 30.6 Å². The highest BCUT2D eigenvalue weighted by molar-refractivity contribution is 5.79. The number of aromatic nitrogens is 4. The summed E-state index contributed by atoms with van der Waals surface area (Å²) in [6.07, 6.45) is 5.54. The van der Waals surface area contributed by atoms with Gasteiger partial charge in [0.2, 0.25) is 0 Å². The molecule has 148 valence electrons. The first-order chi connectivity index (χ1) is 13.2. The summed E-state index contributed by atoms with van der Waals surface area (Å²) >= 11 is 0. The molecular formula is C19H31N7O. The molecule has 0 unspecified atom stereocenters. The number of nitrogens with one attached hydrogen (secondary N) is 2. The Hall–Kier alpha value is -2.38. The lowest BCUT2D eigenvalue weighted by atomic mass is 9.99. The van der Waals surface area contributed by atoms with Crippen LogP contribution in [-0.4, -0.2) is 32.4 Å². The molecule has 2 aromatic heterocycles. The maximum Gasteiger partial charge on any atom is 0.192 e. The summed E-state index contributed by atoms with van der Waals surface area (Å²) in [5, 5.41) is 19.4. The van der Waals surface area contributed by atoms with Crippen molar-refractivity contribution < 1.29 is 4.52 Å². The number of aliphatic imine (C=N–C) groups is 1. The number of hydrogen-bond acceptors (Lipinski definition) is 5. The van der Waals surface area contributed by atoms with Crippen LogP contribution in [0.4, 0.5) is 0 Å². The first-order valence-electron chi connectivity index (χ1n) is 10.1. The monoisotopic (exact) mass is 373 g/mol. The van der Waals surface area contributed by atoms with Crippen LogP contribution in [-0.2, 0) is 26.1 Å². The molecule has 3 heterocycles. The highest BCUT2D eigenvalue weighted by atomic mass is 16.5. The lowest BCUT2D eigenvalue weighted by molar-refractivity contribution is 0.368. The van der Waals surface area contributed by atoms with E-state index in [9.17, 15) is 0 Å². The van der Waals surface area contributed by atoms with Crippen molar-refractivity contribution in [2.45, 2.75) is 78.4 Å². The van der Waals surface area contributed by atoms with Crippen molar-refractivity contribution in [3.8, 4) is 0 Å². The van der Waals surface area contributed by atoms with E-state index in [0.29, 0.717) is 19.0 Å². The quantitative estimate of drug-likeness (QED) is 0.546.